The molecule has 2 aromatic carbocycles. The van der Waals surface area contributed by atoms with Gasteiger partial charge in [0, 0.05) is 29.1 Å². The Labute approximate surface area is 195 Å². The number of ether oxygens (including phenoxy) is 2. The maximum Gasteiger partial charge on any atom is 0.277 e. The van der Waals surface area contributed by atoms with Crippen LogP contribution in [0.5, 0.6) is 11.5 Å². The van der Waals surface area contributed by atoms with Gasteiger partial charge in [-0.15, -0.1) is 10.2 Å². The molecule has 4 aromatic rings. The van der Waals surface area contributed by atoms with E-state index in [2.05, 4.69) is 14.8 Å². The molecule has 3 heterocycles. The first kappa shape index (κ1) is 21.3. The maximum absolute atomic E-state index is 13.0. The third kappa shape index (κ3) is 4.39. The van der Waals surface area contributed by atoms with Crippen molar-refractivity contribution in [3.05, 3.63) is 76.6 Å². The number of aryl methyl sites for hydroxylation is 2. The molecule has 33 heavy (non-hydrogen) atoms. The quantitative estimate of drug-likeness (QED) is 0.276. The third-order valence-electron chi connectivity index (χ3n) is 5.68. The number of fused-ring (bicyclic) bond motifs is 1. The lowest BCUT2D eigenvalue weighted by molar-refractivity contribution is 0.102. The fourth-order valence-corrected chi connectivity index (χ4v) is 4.48. The summed E-state index contributed by atoms with van der Waals surface area (Å²) < 4.78 is 18.7. The Balaban J connectivity index is 1.26. The molecule has 0 bridgehead atoms. The van der Waals surface area contributed by atoms with E-state index in [1.165, 1.54) is 11.8 Å². The van der Waals surface area contributed by atoms with E-state index in [1.54, 1.807) is 0 Å². The lowest BCUT2D eigenvalue weighted by Crippen LogP contribution is -2.07. The highest BCUT2D eigenvalue weighted by Gasteiger charge is 2.19. The SMILES string of the molecule is Cc1ccc(-c2nnc(SCC(=O)c3cc(C)n(Cc4ccc5c(c4)OCO5)c3C)o2)cc1. The van der Waals surface area contributed by atoms with Gasteiger partial charge in [0.05, 0.1) is 5.75 Å². The Morgan fingerprint density at radius 2 is 1.79 bits per heavy atom. The minimum Gasteiger partial charge on any atom is -0.454 e. The molecule has 0 aliphatic carbocycles. The number of Topliss-reactive ketones (excluding diaryl/α,β-unsaturated/α-hetero) is 1. The summed E-state index contributed by atoms with van der Waals surface area (Å²) in [6.07, 6.45) is 0. The summed E-state index contributed by atoms with van der Waals surface area (Å²) in [6.45, 7) is 6.91. The second-order valence-electron chi connectivity index (χ2n) is 8.01. The van der Waals surface area contributed by atoms with Gasteiger partial charge < -0.3 is 18.5 Å². The predicted molar refractivity (Wildman–Crippen MR) is 125 cm³/mol. The van der Waals surface area contributed by atoms with Crippen LogP contribution >= 0.6 is 11.8 Å². The van der Waals surface area contributed by atoms with E-state index in [0.29, 0.717) is 23.2 Å². The Kier molecular flexibility index (Phi) is 5.68. The average molecular weight is 462 g/mol. The van der Waals surface area contributed by atoms with Crippen molar-refractivity contribution in [1.82, 2.24) is 14.8 Å². The smallest absolute Gasteiger partial charge is 0.277 e. The minimum atomic E-state index is 0.0279. The van der Waals surface area contributed by atoms with E-state index >= 15 is 0 Å². The van der Waals surface area contributed by atoms with Gasteiger partial charge in [-0.05, 0) is 56.7 Å². The van der Waals surface area contributed by atoms with Crippen molar-refractivity contribution in [2.75, 3.05) is 12.5 Å². The number of benzene rings is 2. The molecule has 168 valence electrons. The fourth-order valence-electron chi connectivity index (χ4n) is 3.83. The van der Waals surface area contributed by atoms with Crippen LogP contribution in [-0.2, 0) is 6.54 Å². The van der Waals surface area contributed by atoms with Crippen molar-refractivity contribution < 1.29 is 18.7 Å². The van der Waals surface area contributed by atoms with Gasteiger partial charge in [-0.3, -0.25) is 4.79 Å². The molecule has 7 nitrogen and oxygen atoms in total. The molecule has 0 fully saturated rings. The molecule has 0 amide bonds. The zero-order valence-corrected chi connectivity index (χ0v) is 19.4. The van der Waals surface area contributed by atoms with E-state index in [4.69, 9.17) is 13.9 Å². The van der Waals surface area contributed by atoms with Crippen LogP contribution in [0.15, 0.2) is 58.2 Å². The zero-order chi connectivity index (χ0) is 22.9. The number of carbonyl (C=O) groups is 1. The highest BCUT2D eigenvalue weighted by atomic mass is 32.2. The molecule has 1 aliphatic heterocycles. The summed E-state index contributed by atoms with van der Waals surface area (Å²) in [5, 5.41) is 8.56. The molecule has 0 unspecified atom stereocenters. The number of aromatic nitrogens is 3. The second-order valence-corrected chi connectivity index (χ2v) is 8.94. The van der Waals surface area contributed by atoms with Crippen molar-refractivity contribution in [1.29, 1.82) is 0 Å². The van der Waals surface area contributed by atoms with Crippen molar-refractivity contribution >= 4 is 17.5 Å². The van der Waals surface area contributed by atoms with Crippen LogP contribution in [0.4, 0.5) is 0 Å². The van der Waals surface area contributed by atoms with Crippen LogP contribution in [-0.4, -0.2) is 33.1 Å². The second kappa shape index (κ2) is 8.78. The lowest BCUT2D eigenvalue weighted by atomic mass is 10.1. The highest BCUT2D eigenvalue weighted by Crippen LogP contribution is 2.33. The zero-order valence-electron chi connectivity index (χ0n) is 18.6. The fraction of sp³-hybridized carbons (Fsp3) is 0.240. The average Bonchev–Trinajstić information content (AvgIpc) is 3.54. The van der Waals surface area contributed by atoms with Gasteiger partial charge in [-0.2, -0.15) is 0 Å². The molecule has 0 saturated carbocycles. The van der Waals surface area contributed by atoms with Crippen LogP contribution in [0.25, 0.3) is 11.5 Å². The summed E-state index contributed by atoms with van der Waals surface area (Å²) in [5.74, 6) is 2.22. The molecule has 0 saturated heterocycles. The number of carbonyl (C=O) groups excluding carboxylic acids is 1. The largest absolute Gasteiger partial charge is 0.454 e. The molecule has 8 heteroatoms. The standard InChI is InChI=1S/C25H23N3O4S/c1-15-4-7-19(8-5-15)24-26-27-25(32-24)33-13-21(29)20-10-16(2)28(17(20)3)12-18-6-9-22-23(11-18)31-14-30-22/h4-11H,12-14H2,1-3H3. The van der Waals surface area contributed by atoms with E-state index in [9.17, 15) is 4.79 Å². The molecule has 2 aromatic heterocycles. The third-order valence-corrected chi connectivity index (χ3v) is 6.50. The number of thioether (sulfide) groups is 1. The summed E-state index contributed by atoms with van der Waals surface area (Å²) in [4.78, 5) is 13.0. The normalized spacial score (nSPS) is 12.3. The molecular weight excluding hydrogens is 438 g/mol. The first-order chi connectivity index (χ1) is 16.0. The molecular formula is C25H23N3O4S. The molecule has 1 aliphatic rings. The summed E-state index contributed by atoms with van der Waals surface area (Å²) in [6, 6.07) is 15.7. The number of ketones is 1. The molecule has 0 radical (unpaired) electrons. The van der Waals surface area contributed by atoms with Crippen molar-refractivity contribution in [2.45, 2.75) is 32.5 Å². The Hall–Kier alpha value is -3.52. The van der Waals surface area contributed by atoms with Crippen LogP contribution in [0.2, 0.25) is 0 Å². The van der Waals surface area contributed by atoms with Gasteiger partial charge >= 0.3 is 0 Å². The Morgan fingerprint density at radius 3 is 2.61 bits per heavy atom. The van der Waals surface area contributed by atoms with E-state index in [1.807, 2.05) is 69.3 Å². The van der Waals surface area contributed by atoms with Gasteiger partial charge in [0.15, 0.2) is 17.3 Å². The van der Waals surface area contributed by atoms with Gasteiger partial charge in [0.25, 0.3) is 5.22 Å². The Morgan fingerprint density at radius 1 is 1.00 bits per heavy atom. The van der Waals surface area contributed by atoms with Gasteiger partial charge in [-0.1, -0.05) is 35.5 Å². The van der Waals surface area contributed by atoms with E-state index < -0.39 is 0 Å². The monoisotopic (exact) mass is 461 g/mol. The van der Waals surface area contributed by atoms with Gasteiger partial charge in [0.2, 0.25) is 12.7 Å². The number of hydrogen-bond donors (Lipinski definition) is 0. The van der Waals surface area contributed by atoms with Crippen LogP contribution in [0.3, 0.4) is 0 Å². The van der Waals surface area contributed by atoms with Crippen LogP contribution in [0, 0.1) is 20.8 Å². The molecule has 0 atom stereocenters. The summed E-state index contributed by atoms with van der Waals surface area (Å²) >= 11 is 1.25. The lowest BCUT2D eigenvalue weighted by Gasteiger charge is -2.10. The van der Waals surface area contributed by atoms with E-state index in [-0.39, 0.29) is 18.3 Å². The minimum absolute atomic E-state index is 0.0279. The Bertz CT molecular complexity index is 1320. The maximum atomic E-state index is 13.0. The summed E-state index contributed by atoms with van der Waals surface area (Å²) in [5.41, 5.74) is 5.77. The topological polar surface area (TPSA) is 79.4 Å². The number of rotatable bonds is 7. The number of nitrogens with zero attached hydrogens (tertiary/aromatic N) is 3. The van der Waals surface area contributed by atoms with Crippen molar-refractivity contribution in [3.63, 3.8) is 0 Å². The first-order valence-corrected chi connectivity index (χ1v) is 11.6. The van der Waals surface area contributed by atoms with Crippen molar-refractivity contribution in [3.8, 4) is 23.0 Å². The van der Waals surface area contributed by atoms with Crippen LogP contribution < -0.4 is 9.47 Å². The van der Waals surface area contributed by atoms with Crippen molar-refractivity contribution in [2.24, 2.45) is 0 Å². The highest BCUT2D eigenvalue weighted by molar-refractivity contribution is 7.99. The van der Waals surface area contributed by atoms with Crippen LogP contribution in [0.1, 0.15) is 32.9 Å². The van der Waals surface area contributed by atoms with Gasteiger partial charge in [-0.25, -0.2) is 0 Å². The first-order valence-electron chi connectivity index (χ1n) is 10.6. The molecule has 0 N–H and O–H groups in total. The summed E-state index contributed by atoms with van der Waals surface area (Å²) in [7, 11) is 0. The van der Waals surface area contributed by atoms with E-state index in [0.717, 1.165) is 39.6 Å². The molecule has 5 rings (SSSR count). The molecule has 0 spiro atoms. The number of hydrogen-bond acceptors (Lipinski definition) is 7. The van der Waals surface area contributed by atoms with Gasteiger partial charge in [0.1, 0.15) is 0 Å². The predicted octanol–water partition coefficient (Wildman–Crippen LogP) is 5.22.